The number of ether oxygens (including phenoxy) is 1. The van der Waals surface area contributed by atoms with Gasteiger partial charge in [-0.25, -0.2) is 9.59 Å². The molecule has 1 unspecified atom stereocenters. The molecule has 1 aromatic rings. The van der Waals surface area contributed by atoms with Gasteiger partial charge in [-0.3, -0.25) is 0 Å². The Labute approximate surface area is 155 Å². The van der Waals surface area contributed by atoms with Crippen molar-refractivity contribution in [2.24, 2.45) is 5.92 Å². The van der Waals surface area contributed by atoms with Gasteiger partial charge in [0.2, 0.25) is 0 Å². The second-order valence-corrected chi connectivity index (χ2v) is 7.22. The number of carbonyl (C=O) groups is 2. The van der Waals surface area contributed by atoms with Crippen LogP contribution in [0.1, 0.15) is 37.4 Å². The summed E-state index contributed by atoms with van der Waals surface area (Å²) in [6, 6.07) is 3.98. The summed E-state index contributed by atoms with van der Waals surface area (Å²) < 4.78 is 43.4. The number of halogens is 3. The van der Waals surface area contributed by atoms with Gasteiger partial charge in [-0.05, 0) is 30.0 Å². The summed E-state index contributed by atoms with van der Waals surface area (Å²) in [4.78, 5) is 25.5. The van der Waals surface area contributed by atoms with E-state index in [4.69, 9.17) is 4.74 Å². The average Bonchev–Trinajstić information content (AvgIpc) is 2.97. The molecule has 6 nitrogen and oxygen atoms in total. The molecule has 0 saturated carbocycles. The molecule has 1 aromatic carbocycles. The van der Waals surface area contributed by atoms with Crippen molar-refractivity contribution in [2.75, 3.05) is 13.1 Å². The third-order valence-corrected chi connectivity index (χ3v) is 4.95. The minimum atomic E-state index is -4.40. The number of carbonyl (C=O) groups excluding carboxylic acids is 2. The Bertz CT molecular complexity index is 706. The first kappa shape index (κ1) is 19.3. The van der Waals surface area contributed by atoms with Gasteiger partial charge in [0.25, 0.3) is 0 Å². The number of nitrogens with zero attached hydrogens (tertiary/aromatic N) is 1. The fourth-order valence-corrected chi connectivity index (χ4v) is 3.45. The predicted molar refractivity (Wildman–Crippen MR) is 90.9 cm³/mol. The Hall–Kier alpha value is -2.45. The molecule has 0 radical (unpaired) electrons. The SMILES string of the molecule is CC(C)C(NC(=O)N1CC[C@@H]2NC(=O)O[C@@H]2C1)c1ccc(C(F)(F)F)cc1. The molecule has 9 heteroatoms. The van der Waals surface area contributed by atoms with Crippen molar-refractivity contribution >= 4 is 12.1 Å². The summed E-state index contributed by atoms with van der Waals surface area (Å²) in [7, 11) is 0. The quantitative estimate of drug-likeness (QED) is 0.839. The number of likely N-dealkylation sites (tertiary alicyclic amines) is 1. The van der Waals surface area contributed by atoms with Crippen LogP contribution in [0.25, 0.3) is 0 Å². The number of nitrogens with one attached hydrogen (secondary N) is 2. The molecule has 0 spiro atoms. The summed E-state index contributed by atoms with van der Waals surface area (Å²) in [5.41, 5.74) is -0.118. The van der Waals surface area contributed by atoms with Crippen LogP contribution in [0.4, 0.5) is 22.8 Å². The van der Waals surface area contributed by atoms with Crippen molar-refractivity contribution in [3.8, 4) is 0 Å². The van der Waals surface area contributed by atoms with E-state index < -0.39 is 23.9 Å². The van der Waals surface area contributed by atoms with Gasteiger partial charge < -0.3 is 20.3 Å². The highest BCUT2D eigenvalue weighted by Gasteiger charge is 2.40. The van der Waals surface area contributed by atoms with Crippen molar-refractivity contribution in [2.45, 2.75) is 44.6 Å². The van der Waals surface area contributed by atoms with Crippen LogP contribution in [0.15, 0.2) is 24.3 Å². The molecule has 3 rings (SSSR count). The van der Waals surface area contributed by atoms with Crippen LogP contribution in [0.2, 0.25) is 0 Å². The number of amides is 3. The van der Waals surface area contributed by atoms with E-state index in [1.807, 2.05) is 13.8 Å². The van der Waals surface area contributed by atoms with Gasteiger partial charge >= 0.3 is 18.3 Å². The molecule has 148 valence electrons. The van der Waals surface area contributed by atoms with E-state index in [1.165, 1.54) is 12.1 Å². The van der Waals surface area contributed by atoms with Gasteiger partial charge in [0.15, 0.2) is 0 Å². The lowest BCUT2D eigenvalue weighted by atomic mass is 9.95. The monoisotopic (exact) mass is 385 g/mol. The Kier molecular flexibility index (Phi) is 5.21. The van der Waals surface area contributed by atoms with Gasteiger partial charge in [-0.1, -0.05) is 26.0 Å². The first-order chi connectivity index (χ1) is 12.6. The number of hydrogen-bond donors (Lipinski definition) is 2. The summed E-state index contributed by atoms with van der Waals surface area (Å²) >= 11 is 0. The molecular weight excluding hydrogens is 363 g/mol. The fourth-order valence-electron chi connectivity index (χ4n) is 3.45. The lowest BCUT2D eigenvalue weighted by molar-refractivity contribution is -0.137. The van der Waals surface area contributed by atoms with Gasteiger partial charge in [-0.15, -0.1) is 0 Å². The maximum absolute atomic E-state index is 12.7. The lowest BCUT2D eigenvalue weighted by Gasteiger charge is -2.34. The Morgan fingerprint density at radius 2 is 1.96 bits per heavy atom. The van der Waals surface area contributed by atoms with E-state index in [2.05, 4.69) is 10.6 Å². The first-order valence-corrected chi connectivity index (χ1v) is 8.85. The molecule has 27 heavy (non-hydrogen) atoms. The third kappa shape index (κ3) is 4.28. The van der Waals surface area contributed by atoms with Crippen LogP contribution in [-0.2, 0) is 10.9 Å². The highest BCUT2D eigenvalue weighted by molar-refractivity contribution is 5.76. The normalized spacial score (nSPS) is 23.5. The van der Waals surface area contributed by atoms with Crippen LogP contribution < -0.4 is 10.6 Å². The molecule has 2 aliphatic rings. The number of alkyl carbamates (subject to hydrolysis) is 1. The maximum Gasteiger partial charge on any atom is 0.416 e. The van der Waals surface area contributed by atoms with E-state index in [0.29, 0.717) is 18.5 Å². The van der Waals surface area contributed by atoms with Crippen molar-refractivity contribution in [1.29, 1.82) is 0 Å². The molecule has 2 fully saturated rings. The summed E-state index contributed by atoms with van der Waals surface area (Å²) in [6.07, 6.45) is -4.65. The van der Waals surface area contributed by atoms with Crippen LogP contribution in [0, 0.1) is 5.92 Å². The van der Waals surface area contributed by atoms with Gasteiger partial charge in [0.1, 0.15) is 6.10 Å². The second kappa shape index (κ2) is 7.28. The zero-order chi connectivity index (χ0) is 19.8. The number of alkyl halides is 3. The molecule has 0 aromatic heterocycles. The lowest BCUT2D eigenvalue weighted by Crippen LogP contribution is -2.53. The first-order valence-electron chi connectivity index (χ1n) is 8.85. The van der Waals surface area contributed by atoms with Crippen LogP contribution in [-0.4, -0.2) is 42.3 Å². The standard InChI is InChI=1S/C18H22F3N3O3/c1-10(2)15(11-3-5-12(6-4-11)18(19,20)21)23-16(25)24-8-7-13-14(9-24)27-17(26)22-13/h3-6,10,13-15H,7-9H2,1-2H3,(H,22,26)(H,23,25)/t13-,14+,15?/m0/s1. The van der Waals surface area contributed by atoms with Gasteiger partial charge in [0, 0.05) is 6.54 Å². The van der Waals surface area contributed by atoms with Crippen molar-refractivity contribution in [3.05, 3.63) is 35.4 Å². The topological polar surface area (TPSA) is 70.7 Å². The van der Waals surface area contributed by atoms with Crippen LogP contribution in [0.3, 0.4) is 0 Å². The molecular formula is C18H22F3N3O3. The molecule has 3 amide bonds. The summed E-state index contributed by atoms with van der Waals surface area (Å²) in [6.45, 7) is 4.52. The average molecular weight is 385 g/mol. The van der Waals surface area contributed by atoms with Gasteiger partial charge in [-0.2, -0.15) is 13.2 Å². The number of urea groups is 1. The van der Waals surface area contributed by atoms with Crippen LogP contribution in [0.5, 0.6) is 0 Å². The molecule has 2 saturated heterocycles. The van der Waals surface area contributed by atoms with E-state index in [1.54, 1.807) is 4.90 Å². The zero-order valence-corrected chi connectivity index (χ0v) is 15.0. The van der Waals surface area contributed by atoms with E-state index in [-0.39, 0.29) is 30.6 Å². The summed E-state index contributed by atoms with van der Waals surface area (Å²) in [5.74, 6) is -0.0193. The number of rotatable bonds is 3. The number of fused-ring (bicyclic) bond motifs is 1. The smallest absolute Gasteiger partial charge is 0.416 e. The maximum atomic E-state index is 12.7. The van der Waals surface area contributed by atoms with Crippen LogP contribution >= 0.6 is 0 Å². The fraction of sp³-hybridized carbons (Fsp3) is 0.556. The van der Waals surface area contributed by atoms with E-state index in [0.717, 1.165) is 12.1 Å². The number of benzene rings is 1. The van der Waals surface area contributed by atoms with Crippen molar-refractivity contribution < 1.29 is 27.5 Å². The van der Waals surface area contributed by atoms with Crippen molar-refractivity contribution in [1.82, 2.24) is 15.5 Å². The minimum absolute atomic E-state index is 0.0193. The molecule has 0 bridgehead atoms. The minimum Gasteiger partial charge on any atom is -0.442 e. The van der Waals surface area contributed by atoms with E-state index >= 15 is 0 Å². The molecule has 2 aliphatic heterocycles. The molecule has 3 atom stereocenters. The Balaban J connectivity index is 1.67. The van der Waals surface area contributed by atoms with E-state index in [9.17, 15) is 22.8 Å². The van der Waals surface area contributed by atoms with Gasteiger partial charge in [0.05, 0.1) is 24.2 Å². The molecule has 0 aliphatic carbocycles. The summed E-state index contributed by atoms with van der Waals surface area (Å²) in [5, 5.41) is 5.60. The highest BCUT2D eigenvalue weighted by atomic mass is 19.4. The highest BCUT2D eigenvalue weighted by Crippen LogP contribution is 2.31. The molecule has 2 heterocycles. The third-order valence-electron chi connectivity index (χ3n) is 4.95. The molecule has 2 N–H and O–H groups in total. The second-order valence-electron chi connectivity index (χ2n) is 7.22. The Morgan fingerprint density at radius 3 is 2.56 bits per heavy atom. The predicted octanol–water partition coefficient (Wildman–Crippen LogP) is 3.29. The Morgan fingerprint density at radius 1 is 1.30 bits per heavy atom. The number of hydrogen-bond acceptors (Lipinski definition) is 3. The van der Waals surface area contributed by atoms with Crippen molar-refractivity contribution in [3.63, 3.8) is 0 Å². The largest absolute Gasteiger partial charge is 0.442 e. The number of piperidine rings is 1. The zero-order valence-electron chi connectivity index (χ0n) is 15.0.